The Morgan fingerprint density at radius 1 is 0.606 bits per heavy atom. The molecule has 4 rings (SSSR count). The predicted molar refractivity (Wildman–Crippen MR) is 148 cm³/mol. The van der Waals surface area contributed by atoms with E-state index in [9.17, 15) is 0 Å². The monoisotopic (exact) mass is 491 g/mol. The number of halogens is 1. The lowest BCUT2D eigenvalue weighted by atomic mass is 9.87. The number of benzene rings is 4. The first kappa shape index (κ1) is 23.1. The zero-order chi connectivity index (χ0) is 23.4. The SMILES string of the molecule is [B]c1ccc(N(c2ccc(/C=C/c3ccc(Br)cc3)cc2)c2ccc(C(C)(C)C)cc2)cc1. The molecule has 0 aromatic heterocycles. The van der Waals surface area contributed by atoms with Gasteiger partial charge in [-0.2, -0.15) is 0 Å². The summed E-state index contributed by atoms with van der Waals surface area (Å²) < 4.78 is 1.09. The third-order valence-corrected chi connectivity index (χ3v) is 6.16. The second-order valence-corrected chi connectivity index (χ2v) is 10.1. The first-order valence-corrected chi connectivity index (χ1v) is 11.9. The van der Waals surface area contributed by atoms with E-state index in [1.165, 1.54) is 11.1 Å². The molecule has 33 heavy (non-hydrogen) atoms. The molecule has 0 fully saturated rings. The maximum absolute atomic E-state index is 5.95. The summed E-state index contributed by atoms with van der Waals surface area (Å²) in [4.78, 5) is 2.26. The lowest BCUT2D eigenvalue weighted by molar-refractivity contribution is 0.590. The zero-order valence-corrected chi connectivity index (χ0v) is 20.9. The van der Waals surface area contributed by atoms with Crippen LogP contribution >= 0.6 is 15.9 Å². The van der Waals surface area contributed by atoms with Crippen LogP contribution in [0.1, 0.15) is 37.5 Å². The van der Waals surface area contributed by atoms with Crippen molar-refractivity contribution in [3.8, 4) is 0 Å². The average Bonchev–Trinajstić information content (AvgIpc) is 2.81. The van der Waals surface area contributed by atoms with Gasteiger partial charge in [0.15, 0.2) is 0 Å². The van der Waals surface area contributed by atoms with Crippen molar-refractivity contribution in [2.24, 2.45) is 0 Å². The van der Waals surface area contributed by atoms with Crippen LogP contribution in [0.5, 0.6) is 0 Å². The molecule has 1 nitrogen and oxygen atoms in total. The predicted octanol–water partition coefficient (Wildman–Crippen LogP) is 8.18. The van der Waals surface area contributed by atoms with Crippen molar-refractivity contribution in [1.82, 2.24) is 0 Å². The highest BCUT2D eigenvalue weighted by Gasteiger charge is 2.16. The van der Waals surface area contributed by atoms with Gasteiger partial charge in [-0.1, -0.05) is 103 Å². The van der Waals surface area contributed by atoms with Crippen LogP contribution in [0.2, 0.25) is 0 Å². The number of hydrogen-bond donors (Lipinski definition) is 0. The van der Waals surface area contributed by atoms with Gasteiger partial charge in [-0.3, -0.25) is 0 Å². The van der Waals surface area contributed by atoms with Gasteiger partial charge < -0.3 is 4.90 Å². The molecule has 0 saturated heterocycles. The Morgan fingerprint density at radius 2 is 1.00 bits per heavy atom. The maximum Gasteiger partial charge on any atom is 0.113 e. The maximum atomic E-state index is 5.95. The Morgan fingerprint density at radius 3 is 1.45 bits per heavy atom. The summed E-state index contributed by atoms with van der Waals surface area (Å²) in [5, 5.41) is 0. The van der Waals surface area contributed by atoms with Crippen molar-refractivity contribution in [1.29, 1.82) is 0 Å². The largest absolute Gasteiger partial charge is 0.311 e. The normalized spacial score (nSPS) is 11.6. The first-order chi connectivity index (χ1) is 15.8. The molecule has 0 saturated carbocycles. The molecule has 0 heterocycles. The Balaban J connectivity index is 1.65. The van der Waals surface area contributed by atoms with Gasteiger partial charge in [-0.05, 0) is 70.6 Å². The third kappa shape index (κ3) is 5.86. The molecule has 0 N–H and O–H groups in total. The molecule has 0 amide bonds. The summed E-state index contributed by atoms with van der Waals surface area (Å²) in [7, 11) is 5.95. The Labute approximate surface area is 207 Å². The fourth-order valence-corrected chi connectivity index (χ4v) is 3.95. The average molecular weight is 492 g/mol. The van der Waals surface area contributed by atoms with Gasteiger partial charge in [-0.15, -0.1) is 0 Å². The van der Waals surface area contributed by atoms with E-state index in [1.807, 2.05) is 12.1 Å². The van der Waals surface area contributed by atoms with E-state index in [0.717, 1.165) is 32.6 Å². The molecule has 2 radical (unpaired) electrons. The van der Waals surface area contributed by atoms with Crippen LogP contribution in [0.3, 0.4) is 0 Å². The topological polar surface area (TPSA) is 3.24 Å². The van der Waals surface area contributed by atoms with Crippen molar-refractivity contribution in [3.63, 3.8) is 0 Å². The van der Waals surface area contributed by atoms with E-state index < -0.39 is 0 Å². The molecule has 0 unspecified atom stereocenters. The molecule has 0 atom stereocenters. The molecule has 0 bridgehead atoms. The van der Waals surface area contributed by atoms with Gasteiger partial charge in [0.2, 0.25) is 0 Å². The Bertz CT molecular complexity index is 1220. The van der Waals surface area contributed by atoms with E-state index in [-0.39, 0.29) is 5.41 Å². The molecule has 162 valence electrons. The summed E-state index contributed by atoms with van der Waals surface area (Å²) in [5.74, 6) is 0. The zero-order valence-electron chi connectivity index (χ0n) is 19.3. The van der Waals surface area contributed by atoms with Crippen molar-refractivity contribution in [3.05, 3.63) is 118 Å². The molecule has 3 heteroatoms. The van der Waals surface area contributed by atoms with Crippen molar-refractivity contribution in [2.45, 2.75) is 26.2 Å². The molecule has 0 aliphatic heterocycles. The van der Waals surface area contributed by atoms with Gasteiger partial charge in [0.05, 0.1) is 0 Å². The van der Waals surface area contributed by atoms with Gasteiger partial charge >= 0.3 is 0 Å². The lowest BCUT2D eigenvalue weighted by Gasteiger charge is -2.27. The van der Waals surface area contributed by atoms with E-state index >= 15 is 0 Å². The van der Waals surface area contributed by atoms with Crippen molar-refractivity contribution >= 4 is 58.5 Å². The highest BCUT2D eigenvalue weighted by Crippen LogP contribution is 2.35. The fourth-order valence-electron chi connectivity index (χ4n) is 3.68. The lowest BCUT2D eigenvalue weighted by Crippen LogP contribution is -2.13. The van der Waals surface area contributed by atoms with Gasteiger partial charge in [0, 0.05) is 21.5 Å². The summed E-state index contributed by atoms with van der Waals surface area (Å²) in [5.41, 5.74) is 7.81. The van der Waals surface area contributed by atoms with Gasteiger partial charge in [0.1, 0.15) is 7.85 Å². The van der Waals surface area contributed by atoms with Crippen molar-refractivity contribution in [2.75, 3.05) is 4.90 Å². The highest BCUT2D eigenvalue weighted by atomic mass is 79.9. The minimum Gasteiger partial charge on any atom is -0.311 e. The summed E-state index contributed by atoms with van der Waals surface area (Å²) >= 11 is 3.48. The van der Waals surface area contributed by atoms with Crippen LogP contribution in [0, 0.1) is 0 Å². The number of rotatable bonds is 5. The Kier molecular flexibility index (Phi) is 6.90. The van der Waals surface area contributed by atoms with Crippen LogP contribution in [0.25, 0.3) is 12.2 Å². The van der Waals surface area contributed by atoms with Gasteiger partial charge in [0.25, 0.3) is 0 Å². The summed E-state index contributed by atoms with van der Waals surface area (Å²) in [6, 6.07) is 33.8. The van der Waals surface area contributed by atoms with Gasteiger partial charge in [-0.25, -0.2) is 0 Å². The standard InChI is InChI=1S/C30H27BBrN/c1-30(2,3)24-10-18-28(19-11-24)33(29-20-12-25(31)13-21-29)27-16-8-23(9-17-27)5-4-22-6-14-26(32)15-7-22/h4-21H,1-3H3/b5-4+. The van der Waals surface area contributed by atoms with E-state index in [1.54, 1.807) is 0 Å². The minimum atomic E-state index is 0.118. The molecule has 0 spiro atoms. The second kappa shape index (κ2) is 9.85. The molecular weight excluding hydrogens is 465 g/mol. The van der Waals surface area contributed by atoms with E-state index in [2.05, 4.69) is 139 Å². The number of hydrogen-bond acceptors (Lipinski definition) is 1. The van der Waals surface area contributed by atoms with Crippen LogP contribution in [0.15, 0.2) is 102 Å². The Hall–Kier alpha value is -3.04. The van der Waals surface area contributed by atoms with E-state index in [0.29, 0.717) is 0 Å². The fraction of sp³-hybridized carbons (Fsp3) is 0.133. The van der Waals surface area contributed by atoms with Crippen molar-refractivity contribution < 1.29 is 0 Å². The summed E-state index contributed by atoms with van der Waals surface area (Å²) in [6.07, 6.45) is 4.27. The molecule has 4 aromatic carbocycles. The van der Waals surface area contributed by atoms with E-state index in [4.69, 9.17) is 7.85 Å². The molecule has 0 aliphatic rings. The highest BCUT2D eigenvalue weighted by molar-refractivity contribution is 9.10. The second-order valence-electron chi connectivity index (χ2n) is 9.20. The van der Waals surface area contributed by atoms with Crippen LogP contribution in [-0.2, 0) is 5.41 Å². The number of nitrogens with zero attached hydrogens (tertiary/aromatic N) is 1. The third-order valence-electron chi connectivity index (χ3n) is 5.63. The minimum absolute atomic E-state index is 0.118. The quantitative estimate of drug-likeness (QED) is 0.201. The van der Waals surface area contributed by atoms with Crippen LogP contribution < -0.4 is 10.4 Å². The van der Waals surface area contributed by atoms with Crippen LogP contribution in [-0.4, -0.2) is 7.85 Å². The molecule has 4 aromatic rings. The molecule has 0 aliphatic carbocycles. The number of anilines is 3. The smallest absolute Gasteiger partial charge is 0.113 e. The summed E-state index contributed by atoms with van der Waals surface area (Å²) in [6.45, 7) is 6.71. The molecular formula is C30H27BBrN. The van der Waals surface area contributed by atoms with Crippen LogP contribution in [0.4, 0.5) is 17.1 Å². The first-order valence-electron chi connectivity index (χ1n) is 11.1.